The van der Waals surface area contributed by atoms with Crippen molar-refractivity contribution in [2.45, 2.75) is 0 Å². The average Bonchev–Trinajstić information content (AvgIpc) is 2.84. The van der Waals surface area contributed by atoms with Crippen LogP contribution in [0.5, 0.6) is 0 Å². The van der Waals surface area contributed by atoms with Crippen molar-refractivity contribution < 1.29 is 22.4 Å². The van der Waals surface area contributed by atoms with Gasteiger partial charge < -0.3 is 4.42 Å². The fourth-order valence-corrected chi connectivity index (χ4v) is 1.98. The first-order chi connectivity index (χ1) is 9.58. The van der Waals surface area contributed by atoms with Crippen LogP contribution in [0.1, 0.15) is 16.1 Å². The lowest BCUT2D eigenvalue weighted by molar-refractivity contribution is 0.100. The van der Waals surface area contributed by atoms with Crippen molar-refractivity contribution in [3.63, 3.8) is 0 Å². The predicted octanol–water partition coefficient (Wildman–Crippen LogP) is 4.08. The molecule has 3 rings (SSSR count). The Morgan fingerprint density at radius 1 is 0.900 bits per heavy atom. The minimum Gasteiger partial charge on any atom is -0.449 e. The molecule has 0 aliphatic heterocycles. The molecule has 100 valence electrons. The third-order valence-electron chi connectivity index (χ3n) is 2.91. The van der Waals surface area contributed by atoms with E-state index in [0.717, 1.165) is 18.2 Å². The molecule has 1 heterocycles. The molecule has 1 aromatic heterocycles. The minimum atomic E-state index is -0.990. The number of carbonyl (C=O) groups is 1. The standard InChI is InChI=1S/C15H7F3O2/c16-9-4-2-5-10(17)13(9)14(19)12-7-8-3-1-6-11(18)15(8)20-12/h1-7H. The van der Waals surface area contributed by atoms with Crippen LogP contribution in [-0.2, 0) is 0 Å². The van der Waals surface area contributed by atoms with Crippen LogP contribution in [0.25, 0.3) is 11.0 Å². The number of hydrogen-bond acceptors (Lipinski definition) is 2. The summed E-state index contributed by atoms with van der Waals surface area (Å²) < 4.78 is 45.6. The van der Waals surface area contributed by atoms with E-state index < -0.39 is 28.8 Å². The summed E-state index contributed by atoms with van der Waals surface area (Å²) in [7, 11) is 0. The summed E-state index contributed by atoms with van der Waals surface area (Å²) in [4.78, 5) is 12.1. The van der Waals surface area contributed by atoms with Crippen molar-refractivity contribution in [1.29, 1.82) is 0 Å². The molecule has 0 saturated carbocycles. The van der Waals surface area contributed by atoms with E-state index in [2.05, 4.69) is 0 Å². The first kappa shape index (κ1) is 12.5. The summed E-state index contributed by atoms with van der Waals surface area (Å²) in [6.45, 7) is 0. The monoisotopic (exact) mass is 276 g/mol. The van der Waals surface area contributed by atoms with Crippen LogP contribution >= 0.6 is 0 Å². The summed E-state index contributed by atoms with van der Waals surface area (Å²) in [5.41, 5.74) is -0.834. The normalized spacial score (nSPS) is 10.9. The Kier molecular flexibility index (Phi) is 2.82. The molecule has 0 saturated heterocycles. The maximum Gasteiger partial charge on any atom is 0.234 e. The third-order valence-corrected chi connectivity index (χ3v) is 2.91. The van der Waals surface area contributed by atoms with Gasteiger partial charge in [0.2, 0.25) is 5.78 Å². The molecule has 0 bridgehead atoms. The number of para-hydroxylation sites is 1. The van der Waals surface area contributed by atoms with E-state index in [-0.39, 0.29) is 11.3 Å². The second kappa shape index (κ2) is 4.52. The smallest absolute Gasteiger partial charge is 0.234 e. The van der Waals surface area contributed by atoms with Crippen LogP contribution in [0, 0.1) is 17.5 Å². The SMILES string of the molecule is O=C(c1cc2cccc(F)c2o1)c1c(F)cccc1F. The zero-order valence-corrected chi connectivity index (χ0v) is 9.99. The zero-order chi connectivity index (χ0) is 14.3. The van der Waals surface area contributed by atoms with Gasteiger partial charge in [-0.15, -0.1) is 0 Å². The highest BCUT2D eigenvalue weighted by Crippen LogP contribution is 2.25. The molecule has 0 amide bonds. The van der Waals surface area contributed by atoms with Gasteiger partial charge in [0.25, 0.3) is 0 Å². The highest BCUT2D eigenvalue weighted by Gasteiger charge is 2.22. The molecule has 0 unspecified atom stereocenters. The molecule has 0 atom stereocenters. The molecule has 2 nitrogen and oxygen atoms in total. The van der Waals surface area contributed by atoms with E-state index in [9.17, 15) is 18.0 Å². The van der Waals surface area contributed by atoms with E-state index in [1.165, 1.54) is 24.3 Å². The number of hydrogen-bond donors (Lipinski definition) is 0. The first-order valence-corrected chi connectivity index (χ1v) is 5.74. The van der Waals surface area contributed by atoms with Gasteiger partial charge in [-0.3, -0.25) is 4.79 Å². The van der Waals surface area contributed by atoms with Crippen LogP contribution in [-0.4, -0.2) is 5.78 Å². The number of carbonyl (C=O) groups excluding carboxylic acids is 1. The van der Waals surface area contributed by atoms with E-state index in [4.69, 9.17) is 4.42 Å². The molecular formula is C15H7F3O2. The molecule has 20 heavy (non-hydrogen) atoms. The fraction of sp³-hybridized carbons (Fsp3) is 0. The van der Waals surface area contributed by atoms with Crippen LogP contribution in [0.3, 0.4) is 0 Å². The largest absolute Gasteiger partial charge is 0.449 e. The summed E-state index contributed by atoms with van der Waals surface area (Å²) in [5.74, 6) is -3.90. The topological polar surface area (TPSA) is 30.2 Å². The summed E-state index contributed by atoms with van der Waals surface area (Å²) in [6.07, 6.45) is 0. The Morgan fingerprint density at radius 3 is 2.15 bits per heavy atom. The lowest BCUT2D eigenvalue weighted by Gasteiger charge is -2.00. The molecule has 3 aromatic rings. The molecule has 0 aliphatic rings. The van der Waals surface area contributed by atoms with Crippen LogP contribution < -0.4 is 0 Å². The van der Waals surface area contributed by atoms with Gasteiger partial charge in [0.1, 0.15) is 11.6 Å². The quantitative estimate of drug-likeness (QED) is 0.660. The van der Waals surface area contributed by atoms with Crippen molar-refractivity contribution in [2.75, 3.05) is 0 Å². The lowest BCUT2D eigenvalue weighted by Crippen LogP contribution is -2.06. The van der Waals surface area contributed by atoms with Crippen molar-refractivity contribution in [3.05, 3.63) is 71.2 Å². The van der Waals surface area contributed by atoms with Gasteiger partial charge in [-0.05, 0) is 24.3 Å². The number of fused-ring (bicyclic) bond motifs is 1. The summed E-state index contributed by atoms with van der Waals surface area (Å²) in [6, 6.07) is 8.51. The Bertz CT molecular complexity index is 801. The van der Waals surface area contributed by atoms with E-state index in [0.29, 0.717) is 5.39 Å². The van der Waals surface area contributed by atoms with Gasteiger partial charge >= 0.3 is 0 Å². The highest BCUT2D eigenvalue weighted by molar-refractivity contribution is 6.09. The second-order valence-electron chi connectivity index (χ2n) is 4.19. The second-order valence-corrected chi connectivity index (χ2v) is 4.19. The number of rotatable bonds is 2. The fourth-order valence-electron chi connectivity index (χ4n) is 1.98. The van der Waals surface area contributed by atoms with Crippen molar-refractivity contribution in [1.82, 2.24) is 0 Å². The Morgan fingerprint density at radius 2 is 1.50 bits per heavy atom. The van der Waals surface area contributed by atoms with Gasteiger partial charge in [-0.2, -0.15) is 0 Å². The Labute approximate surface area is 111 Å². The summed E-state index contributed by atoms with van der Waals surface area (Å²) in [5, 5.41) is 0.352. The molecule has 5 heteroatoms. The molecule has 0 aliphatic carbocycles. The predicted molar refractivity (Wildman–Crippen MR) is 66.0 cm³/mol. The van der Waals surface area contributed by atoms with Crippen LogP contribution in [0.2, 0.25) is 0 Å². The number of furan rings is 1. The van der Waals surface area contributed by atoms with E-state index >= 15 is 0 Å². The van der Waals surface area contributed by atoms with Gasteiger partial charge in [0.15, 0.2) is 17.2 Å². The van der Waals surface area contributed by atoms with Crippen LogP contribution in [0.4, 0.5) is 13.2 Å². The zero-order valence-electron chi connectivity index (χ0n) is 9.99. The van der Waals surface area contributed by atoms with Crippen molar-refractivity contribution in [3.8, 4) is 0 Å². The Balaban J connectivity index is 2.16. The molecule has 0 fully saturated rings. The van der Waals surface area contributed by atoms with Gasteiger partial charge in [-0.25, -0.2) is 13.2 Å². The first-order valence-electron chi connectivity index (χ1n) is 5.74. The lowest BCUT2D eigenvalue weighted by atomic mass is 10.1. The van der Waals surface area contributed by atoms with Crippen LogP contribution in [0.15, 0.2) is 46.9 Å². The average molecular weight is 276 g/mol. The molecule has 0 spiro atoms. The minimum absolute atomic E-state index is 0.118. The van der Waals surface area contributed by atoms with E-state index in [1.54, 1.807) is 0 Å². The molecule has 0 N–H and O–H groups in total. The van der Waals surface area contributed by atoms with E-state index in [1.807, 2.05) is 0 Å². The summed E-state index contributed by atoms with van der Waals surface area (Å²) >= 11 is 0. The van der Waals surface area contributed by atoms with Crippen molar-refractivity contribution >= 4 is 16.8 Å². The van der Waals surface area contributed by atoms with Gasteiger partial charge in [0.05, 0.1) is 5.56 Å². The van der Waals surface area contributed by atoms with Crippen molar-refractivity contribution in [2.24, 2.45) is 0 Å². The van der Waals surface area contributed by atoms with Gasteiger partial charge in [-0.1, -0.05) is 18.2 Å². The Hall–Kier alpha value is -2.56. The highest BCUT2D eigenvalue weighted by atomic mass is 19.1. The number of halogens is 3. The van der Waals surface area contributed by atoms with Gasteiger partial charge in [0, 0.05) is 5.39 Å². The third kappa shape index (κ3) is 1.87. The molecular weight excluding hydrogens is 269 g/mol. The molecule has 2 aromatic carbocycles. The number of ketones is 1. The number of benzene rings is 2. The molecule has 0 radical (unpaired) electrons. The maximum absolute atomic E-state index is 13.5. The maximum atomic E-state index is 13.5.